The quantitative estimate of drug-likeness (QED) is 0.853. The molecule has 0 spiro atoms. The molecule has 94 valence electrons. The summed E-state index contributed by atoms with van der Waals surface area (Å²) in [6.45, 7) is 3.23. The SMILES string of the molecule is CC1CCNC(CC(=O)c2cc(Cl)sc2Cl)C1. The number of piperidine rings is 1. The van der Waals surface area contributed by atoms with E-state index in [2.05, 4.69) is 12.2 Å². The van der Waals surface area contributed by atoms with Crippen molar-refractivity contribution in [2.24, 2.45) is 5.92 Å². The number of hydrogen-bond acceptors (Lipinski definition) is 3. The maximum absolute atomic E-state index is 12.1. The Morgan fingerprint density at radius 2 is 2.35 bits per heavy atom. The Bertz CT molecular complexity index is 419. The highest BCUT2D eigenvalue weighted by Gasteiger charge is 2.23. The molecule has 1 fully saturated rings. The van der Waals surface area contributed by atoms with Gasteiger partial charge in [-0.05, 0) is 31.4 Å². The van der Waals surface area contributed by atoms with Crippen LogP contribution >= 0.6 is 34.5 Å². The van der Waals surface area contributed by atoms with E-state index >= 15 is 0 Å². The van der Waals surface area contributed by atoms with E-state index in [4.69, 9.17) is 23.2 Å². The zero-order valence-electron chi connectivity index (χ0n) is 9.63. The number of nitrogens with one attached hydrogen (secondary N) is 1. The minimum Gasteiger partial charge on any atom is -0.314 e. The Morgan fingerprint density at radius 1 is 1.59 bits per heavy atom. The van der Waals surface area contributed by atoms with Crippen molar-refractivity contribution in [3.05, 3.63) is 20.3 Å². The molecule has 1 aromatic rings. The third-order valence-electron chi connectivity index (χ3n) is 3.15. The van der Waals surface area contributed by atoms with Crippen LogP contribution in [0.4, 0.5) is 0 Å². The number of carbonyl (C=O) groups excluding carboxylic acids is 1. The molecule has 0 aliphatic carbocycles. The van der Waals surface area contributed by atoms with Gasteiger partial charge in [0.15, 0.2) is 5.78 Å². The van der Waals surface area contributed by atoms with Crippen LogP contribution in [-0.2, 0) is 0 Å². The van der Waals surface area contributed by atoms with Gasteiger partial charge in [-0.3, -0.25) is 4.79 Å². The van der Waals surface area contributed by atoms with E-state index in [0.717, 1.165) is 13.0 Å². The Hall–Kier alpha value is -0.0900. The summed E-state index contributed by atoms with van der Waals surface area (Å²) < 4.78 is 1.08. The standard InChI is InChI=1S/C12H15Cl2NOS/c1-7-2-3-15-8(4-7)5-10(16)9-6-11(13)17-12(9)14/h6-8,15H,2-5H2,1H3. The monoisotopic (exact) mass is 291 g/mol. The van der Waals surface area contributed by atoms with Crippen molar-refractivity contribution >= 4 is 40.3 Å². The molecule has 2 rings (SSSR count). The van der Waals surface area contributed by atoms with Gasteiger partial charge in [0, 0.05) is 18.0 Å². The molecule has 1 aliphatic rings. The van der Waals surface area contributed by atoms with Crippen molar-refractivity contribution in [2.75, 3.05) is 6.54 Å². The lowest BCUT2D eigenvalue weighted by molar-refractivity contribution is 0.0959. The molecule has 2 heterocycles. The topological polar surface area (TPSA) is 29.1 Å². The predicted octanol–water partition coefficient (Wildman–Crippen LogP) is 4.02. The van der Waals surface area contributed by atoms with Crippen LogP contribution < -0.4 is 5.32 Å². The lowest BCUT2D eigenvalue weighted by atomic mass is 9.91. The van der Waals surface area contributed by atoms with E-state index in [1.807, 2.05) is 0 Å². The molecule has 0 aromatic carbocycles. The highest BCUT2D eigenvalue weighted by atomic mass is 35.5. The predicted molar refractivity (Wildman–Crippen MR) is 73.5 cm³/mol. The largest absolute Gasteiger partial charge is 0.314 e. The van der Waals surface area contributed by atoms with Crippen LogP contribution in [0.25, 0.3) is 0 Å². The first-order chi connectivity index (χ1) is 8.06. The van der Waals surface area contributed by atoms with E-state index in [1.54, 1.807) is 6.07 Å². The highest BCUT2D eigenvalue weighted by molar-refractivity contribution is 7.20. The normalized spacial score (nSPS) is 24.9. The molecule has 1 saturated heterocycles. The van der Waals surface area contributed by atoms with Crippen LogP contribution in [0.15, 0.2) is 6.07 Å². The lowest BCUT2D eigenvalue weighted by Crippen LogP contribution is -2.38. The fourth-order valence-corrected chi connectivity index (χ4v) is 3.74. The van der Waals surface area contributed by atoms with Gasteiger partial charge in [-0.25, -0.2) is 0 Å². The summed E-state index contributed by atoms with van der Waals surface area (Å²) in [7, 11) is 0. The summed E-state index contributed by atoms with van der Waals surface area (Å²) in [5.74, 6) is 0.778. The molecular weight excluding hydrogens is 277 g/mol. The van der Waals surface area contributed by atoms with Crippen molar-refractivity contribution < 1.29 is 4.79 Å². The van der Waals surface area contributed by atoms with Gasteiger partial charge < -0.3 is 5.32 Å². The number of hydrogen-bond donors (Lipinski definition) is 1. The summed E-state index contributed by atoms with van der Waals surface area (Å²) >= 11 is 13.1. The number of thiophene rings is 1. The summed E-state index contributed by atoms with van der Waals surface area (Å²) in [5.41, 5.74) is 0.571. The van der Waals surface area contributed by atoms with E-state index in [0.29, 0.717) is 26.6 Å². The van der Waals surface area contributed by atoms with Crippen LogP contribution in [-0.4, -0.2) is 18.4 Å². The Labute approximate surface area is 115 Å². The molecule has 1 N–H and O–H groups in total. The number of Topliss-reactive ketones (excluding diaryl/α,β-unsaturated/α-hetero) is 1. The number of halogens is 2. The Kier molecular flexibility index (Phi) is 4.47. The number of ketones is 1. The molecule has 1 aromatic heterocycles. The summed E-state index contributed by atoms with van der Waals surface area (Å²) in [5, 5.41) is 3.38. The van der Waals surface area contributed by atoms with Crippen LogP contribution in [0.5, 0.6) is 0 Å². The van der Waals surface area contributed by atoms with Crippen LogP contribution in [0.2, 0.25) is 8.67 Å². The Morgan fingerprint density at radius 3 is 2.94 bits per heavy atom. The van der Waals surface area contributed by atoms with Gasteiger partial charge in [0.25, 0.3) is 0 Å². The fraction of sp³-hybridized carbons (Fsp3) is 0.583. The summed E-state index contributed by atoms with van der Waals surface area (Å²) in [4.78, 5) is 12.1. The zero-order valence-corrected chi connectivity index (χ0v) is 12.0. The molecule has 5 heteroatoms. The number of rotatable bonds is 3. The molecule has 0 saturated carbocycles. The maximum atomic E-state index is 12.1. The third-order valence-corrected chi connectivity index (χ3v) is 4.63. The molecule has 0 amide bonds. The molecule has 17 heavy (non-hydrogen) atoms. The average molecular weight is 292 g/mol. The fourth-order valence-electron chi connectivity index (χ4n) is 2.24. The van der Waals surface area contributed by atoms with Crippen molar-refractivity contribution in [2.45, 2.75) is 32.2 Å². The van der Waals surface area contributed by atoms with Gasteiger partial charge in [-0.2, -0.15) is 0 Å². The van der Waals surface area contributed by atoms with Gasteiger partial charge in [0.2, 0.25) is 0 Å². The number of carbonyl (C=O) groups is 1. The van der Waals surface area contributed by atoms with Gasteiger partial charge in [0.05, 0.1) is 4.34 Å². The first kappa shape index (κ1) is 13.3. The smallest absolute Gasteiger partial charge is 0.166 e. The van der Waals surface area contributed by atoms with Crippen molar-refractivity contribution in [3.8, 4) is 0 Å². The third kappa shape index (κ3) is 3.44. The van der Waals surface area contributed by atoms with Crippen LogP contribution in [0, 0.1) is 5.92 Å². The van der Waals surface area contributed by atoms with Gasteiger partial charge >= 0.3 is 0 Å². The molecule has 2 atom stereocenters. The van der Waals surface area contributed by atoms with Crippen LogP contribution in [0.1, 0.15) is 36.5 Å². The van der Waals surface area contributed by atoms with E-state index in [-0.39, 0.29) is 11.8 Å². The van der Waals surface area contributed by atoms with E-state index in [9.17, 15) is 4.79 Å². The second kappa shape index (κ2) is 5.70. The molecule has 0 bridgehead atoms. The average Bonchev–Trinajstić information content (AvgIpc) is 2.58. The molecule has 2 nitrogen and oxygen atoms in total. The summed E-state index contributed by atoms with van der Waals surface area (Å²) in [6.07, 6.45) is 2.76. The molecular formula is C12H15Cl2NOS. The molecule has 1 aliphatic heterocycles. The van der Waals surface area contributed by atoms with Gasteiger partial charge in [-0.15, -0.1) is 11.3 Å². The van der Waals surface area contributed by atoms with E-state index in [1.165, 1.54) is 17.8 Å². The summed E-state index contributed by atoms with van der Waals surface area (Å²) in [6, 6.07) is 1.95. The minimum absolute atomic E-state index is 0.0877. The molecule has 0 radical (unpaired) electrons. The first-order valence-corrected chi connectivity index (χ1v) is 7.35. The lowest BCUT2D eigenvalue weighted by Gasteiger charge is -2.27. The second-order valence-corrected chi connectivity index (χ2v) is 6.93. The Balaban J connectivity index is 1.99. The molecule has 2 unspecified atom stereocenters. The van der Waals surface area contributed by atoms with Gasteiger partial charge in [-0.1, -0.05) is 30.1 Å². The van der Waals surface area contributed by atoms with Crippen LogP contribution in [0.3, 0.4) is 0 Å². The van der Waals surface area contributed by atoms with Crippen molar-refractivity contribution in [1.29, 1.82) is 0 Å². The first-order valence-electron chi connectivity index (χ1n) is 5.77. The van der Waals surface area contributed by atoms with Crippen molar-refractivity contribution in [3.63, 3.8) is 0 Å². The van der Waals surface area contributed by atoms with Gasteiger partial charge in [0.1, 0.15) is 4.34 Å². The zero-order chi connectivity index (χ0) is 12.4. The van der Waals surface area contributed by atoms with Crippen molar-refractivity contribution in [1.82, 2.24) is 5.32 Å². The van der Waals surface area contributed by atoms with E-state index < -0.39 is 0 Å². The second-order valence-electron chi connectivity index (χ2n) is 4.65. The highest BCUT2D eigenvalue weighted by Crippen LogP contribution is 2.32. The maximum Gasteiger partial charge on any atom is 0.166 e. The minimum atomic E-state index is 0.0877.